The van der Waals surface area contributed by atoms with Crippen molar-refractivity contribution >= 4 is 11.6 Å². The number of carbonyl (C=O) groups excluding carboxylic acids is 1. The van der Waals surface area contributed by atoms with Crippen molar-refractivity contribution in [3.63, 3.8) is 0 Å². The fourth-order valence-corrected chi connectivity index (χ4v) is 7.23. The highest BCUT2D eigenvalue weighted by molar-refractivity contribution is 5.95. The molecule has 5 nitrogen and oxygen atoms in total. The summed E-state index contributed by atoms with van der Waals surface area (Å²) in [4.78, 5) is 14.4. The minimum atomic E-state index is -0.948. The number of nitrogens with zero attached hydrogens (tertiary/aromatic N) is 2. The van der Waals surface area contributed by atoms with E-state index in [-0.39, 0.29) is 11.9 Å². The molecule has 6 aromatic carbocycles. The van der Waals surface area contributed by atoms with E-state index in [9.17, 15) is 4.79 Å². The number of nitrogens with one attached hydrogen (secondary N) is 2. The van der Waals surface area contributed by atoms with Gasteiger partial charge in [0.05, 0.1) is 18.3 Å². The van der Waals surface area contributed by atoms with Crippen LogP contribution in [0.5, 0.6) is 0 Å². The normalized spacial score (nSPS) is 13.6. The largest absolute Gasteiger partial charge is 0.336 e. The van der Waals surface area contributed by atoms with Gasteiger partial charge in [0.2, 0.25) is 0 Å². The van der Waals surface area contributed by atoms with Gasteiger partial charge in [-0.15, -0.1) is 5.53 Å². The van der Waals surface area contributed by atoms with Crippen LogP contribution in [0.25, 0.3) is 16.8 Å². The van der Waals surface area contributed by atoms with Crippen LogP contribution in [0.3, 0.4) is 0 Å². The average Bonchev–Trinajstić information content (AvgIpc) is 3.60. The predicted octanol–water partition coefficient (Wildman–Crippen LogP) is 9.68. The highest BCUT2D eigenvalue weighted by atomic mass is 16.1. The van der Waals surface area contributed by atoms with Crippen LogP contribution in [0.2, 0.25) is 0 Å². The topological polar surface area (TPSA) is 47.6 Å². The first-order valence-corrected chi connectivity index (χ1v) is 17.7. The van der Waals surface area contributed by atoms with E-state index in [1.165, 1.54) is 5.56 Å². The third kappa shape index (κ3) is 7.21. The zero-order chi connectivity index (χ0) is 35.0. The van der Waals surface area contributed by atoms with Crippen LogP contribution in [0.15, 0.2) is 182 Å². The zero-order valence-corrected chi connectivity index (χ0v) is 29.2. The summed E-state index contributed by atoms with van der Waals surface area (Å²) in [7, 11) is 0. The Morgan fingerprint density at radius 2 is 1.12 bits per heavy atom. The summed E-state index contributed by atoms with van der Waals surface area (Å²) in [5, 5.41) is 8.13. The van der Waals surface area contributed by atoms with Gasteiger partial charge >= 0.3 is 0 Å². The molecule has 51 heavy (non-hydrogen) atoms. The maximum atomic E-state index is 14.4. The number of hydrogen-bond acceptors (Lipinski definition) is 4. The number of hydrogen-bond donors (Lipinski definition) is 2. The van der Waals surface area contributed by atoms with Crippen molar-refractivity contribution in [3.05, 3.63) is 210 Å². The standard InChI is InChI=1S/C46H44N4O/c1-35(2)32-44(46(39-26-14-6-15-27-39,40-28-16-7-17-29-40)47-45(51)38-24-12-5-13-25-38)50-34-43(49(48-50)33-36-20-8-3-9-21-36)42-31-19-18-30-41(42)37-22-10-4-11-23-37/h3-31,34-35,44,48H,32-33H2,1-2H3,(H,47,51)/t44-/m0/s1. The van der Waals surface area contributed by atoms with Gasteiger partial charge in [-0.25, -0.2) is 0 Å². The molecular formula is C46H44N4O. The molecule has 0 aromatic heterocycles. The molecule has 0 radical (unpaired) electrons. The Balaban J connectivity index is 1.43. The lowest BCUT2D eigenvalue weighted by Crippen LogP contribution is -2.62. The van der Waals surface area contributed by atoms with Gasteiger partial charge in [-0.2, -0.15) is 0 Å². The minimum Gasteiger partial charge on any atom is -0.336 e. The highest BCUT2D eigenvalue weighted by Crippen LogP contribution is 2.42. The Morgan fingerprint density at radius 1 is 0.627 bits per heavy atom. The Kier molecular flexibility index (Phi) is 10.1. The Morgan fingerprint density at radius 3 is 1.69 bits per heavy atom. The van der Waals surface area contributed by atoms with Crippen molar-refractivity contribution in [2.75, 3.05) is 0 Å². The van der Waals surface area contributed by atoms with E-state index in [1.54, 1.807) is 0 Å². The van der Waals surface area contributed by atoms with Gasteiger partial charge in [0.1, 0.15) is 5.54 Å². The molecule has 0 saturated carbocycles. The zero-order valence-electron chi connectivity index (χ0n) is 29.2. The van der Waals surface area contributed by atoms with Crippen LogP contribution in [-0.2, 0) is 12.1 Å². The molecule has 6 aromatic rings. The minimum absolute atomic E-state index is 0.129. The van der Waals surface area contributed by atoms with Crippen LogP contribution in [-0.4, -0.2) is 22.0 Å². The summed E-state index contributed by atoms with van der Waals surface area (Å²) in [6, 6.07) is 59.8. The molecule has 1 aliphatic heterocycles. The van der Waals surface area contributed by atoms with Crippen LogP contribution in [0.1, 0.15) is 52.9 Å². The Labute approximate surface area is 301 Å². The van der Waals surface area contributed by atoms with E-state index in [2.05, 4.69) is 174 Å². The quantitative estimate of drug-likeness (QED) is 0.136. The molecule has 254 valence electrons. The molecule has 0 bridgehead atoms. The molecule has 1 heterocycles. The van der Waals surface area contributed by atoms with Gasteiger partial charge < -0.3 is 5.32 Å². The fourth-order valence-electron chi connectivity index (χ4n) is 7.23. The van der Waals surface area contributed by atoms with Gasteiger partial charge in [0, 0.05) is 17.3 Å². The first kappa shape index (κ1) is 33.6. The van der Waals surface area contributed by atoms with Crippen molar-refractivity contribution in [3.8, 4) is 11.1 Å². The number of amides is 1. The molecule has 2 N–H and O–H groups in total. The smallest absolute Gasteiger partial charge is 0.252 e. The molecule has 0 saturated heterocycles. The SMILES string of the molecule is CC(C)C[C@H](N1C=C(c2ccccc2-c2ccccc2)N(Cc2ccccc2)N1)C(NC(=O)c1ccccc1)(c1ccccc1)c1ccccc1. The summed E-state index contributed by atoms with van der Waals surface area (Å²) < 4.78 is 0. The molecule has 0 fully saturated rings. The molecule has 0 aliphatic carbocycles. The van der Waals surface area contributed by atoms with Gasteiger partial charge in [0.15, 0.2) is 0 Å². The van der Waals surface area contributed by atoms with E-state index < -0.39 is 5.54 Å². The van der Waals surface area contributed by atoms with Crippen LogP contribution >= 0.6 is 0 Å². The summed E-state index contributed by atoms with van der Waals surface area (Å²) in [5.41, 5.74) is 11.2. The van der Waals surface area contributed by atoms with Crippen molar-refractivity contribution in [1.29, 1.82) is 0 Å². The maximum Gasteiger partial charge on any atom is 0.252 e. The number of rotatable bonds is 12. The van der Waals surface area contributed by atoms with Crippen LogP contribution in [0, 0.1) is 5.92 Å². The first-order chi connectivity index (χ1) is 25.0. The first-order valence-electron chi connectivity index (χ1n) is 17.7. The fraction of sp³-hybridized carbons (Fsp3) is 0.152. The molecular weight excluding hydrogens is 625 g/mol. The van der Waals surface area contributed by atoms with Gasteiger partial charge in [-0.1, -0.05) is 178 Å². The van der Waals surface area contributed by atoms with Crippen molar-refractivity contribution in [1.82, 2.24) is 20.9 Å². The lowest BCUT2D eigenvalue weighted by atomic mass is 9.73. The Hall–Kier alpha value is -5.91. The number of hydrazine groups is 2. The lowest BCUT2D eigenvalue weighted by Gasteiger charge is -2.47. The average molecular weight is 669 g/mol. The van der Waals surface area contributed by atoms with E-state index >= 15 is 0 Å². The molecule has 5 heteroatoms. The third-order valence-corrected chi connectivity index (χ3v) is 9.59. The highest BCUT2D eigenvalue weighted by Gasteiger charge is 2.48. The second-order valence-corrected chi connectivity index (χ2v) is 13.5. The Bertz CT molecular complexity index is 2010. The molecule has 1 amide bonds. The van der Waals surface area contributed by atoms with Crippen molar-refractivity contribution < 1.29 is 4.79 Å². The summed E-state index contributed by atoms with van der Waals surface area (Å²) in [6.07, 6.45) is 3.02. The molecule has 0 unspecified atom stereocenters. The summed E-state index contributed by atoms with van der Waals surface area (Å²) in [6.45, 7) is 5.14. The van der Waals surface area contributed by atoms with Gasteiger partial charge in [-0.05, 0) is 52.3 Å². The van der Waals surface area contributed by atoms with Crippen LogP contribution < -0.4 is 10.9 Å². The van der Waals surface area contributed by atoms with Crippen molar-refractivity contribution in [2.45, 2.75) is 38.4 Å². The molecule has 1 atom stereocenters. The third-order valence-electron chi connectivity index (χ3n) is 9.59. The summed E-state index contributed by atoms with van der Waals surface area (Å²) >= 11 is 0. The predicted molar refractivity (Wildman–Crippen MR) is 208 cm³/mol. The van der Waals surface area contributed by atoms with Gasteiger partial charge in [0.25, 0.3) is 5.91 Å². The molecule has 0 spiro atoms. The monoisotopic (exact) mass is 668 g/mol. The van der Waals surface area contributed by atoms with E-state index in [0.29, 0.717) is 18.0 Å². The maximum absolute atomic E-state index is 14.4. The van der Waals surface area contributed by atoms with E-state index in [0.717, 1.165) is 39.9 Å². The van der Waals surface area contributed by atoms with E-state index in [4.69, 9.17) is 0 Å². The molecule has 7 rings (SSSR count). The summed E-state index contributed by atoms with van der Waals surface area (Å²) in [5.74, 6) is 0.171. The lowest BCUT2D eigenvalue weighted by molar-refractivity contribution is 0.0408. The number of benzene rings is 6. The second kappa shape index (κ2) is 15.3. The molecule has 1 aliphatic rings. The van der Waals surface area contributed by atoms with Crippen molar-refractivity contribution in [2.24, 2.45) is 5.92 Å². The number of carbonyl (C=O) groups is 1. The van der Waals surface area contributed by atoms with E-state index in [1.807, 2.05) is 42.5 Å². The second-order valence-electron chi connectivity index (χ2n) is 13.5. The van der Waals surface area contributed by atoms with Gasteiger partial charge in [-0.3, -0.25) is 14.8 Å². The van der Waals surface area contributed by atoms with Crippen LogP contribution in [0.4, 0.5) is 0 Å².